The normalized spacial score (nSPS) is 19.0. The van der Waals surface area contributed by atoms with Crippen molar-refractivity contribution in [2.24, 2.45) is 11.7 Å². The van der Waals surface area contributed by atoms with Crippen LogP contribution in [0.5, 0.6) is 0 Å². The number of carbonyl (C=O) groups is 1. The lowest BCUT2D eigenvalue weighted by molar-refractivity contribution is -0.128. The van der Waals surface area contributed by atoms with E-state index in [0.29, 0.717) is 18.4 Å². The van der Waals surface area contributed by atoms with Crippen LogP contribution in [0, 0.1) is 11.3 Å². The molecule has 0 bridgehead atoms. The monoisotopic (exact) mass is 485 g/mol. The molecule has 1 heterocycles. The zero-order valence-corrected chi connectivity index (χ0v) is 18.0. The van der Waals surface area contributed by atoms with Gasteiger partial charge < -0.3 is 10.6 Å². The SMILES string of the molecule is N=C(/C=C(\N)C(=O)N(CCC1CCS(=O)(=O)C1)Cc1c(Cl)cccc1Cl)C(F)(F)F. The molecule has 0 radical (unpaired) electrons. The molecule has 1 fully saturated rings. The van der Waals surface area contributed by atoms with Crippen molar-refractivity contribution >= 4 is 44.7 Å². The molecule has 6 nitrogen and oxygen atoms in total. The summed E-state index contributed by atoms with van der Waals surface area (Å²) in [6.07, 6.45) is -3.93. The molecule has 1 aliphatic rings. The molecule has 1 aromatic rings. The van der Waals surface area contributed by atoms with Gasteiger partial charge in [-0.1, -0.05) is 29.3 Å². The Morgan fingerprint density at radius 2 is 1.90 bits per heavy atom. The maximum atomic E-state index is 12.7. The summed E-state index contributed by atoms with van der Waals surface area (Å²) in [4.78, 5) is 13.9. The topological polar surface area (TPSA) is 104 Å². The number of rotatable bonds is 7. The average molecular weight is 486 g/mol. The van der Waals surface area contributed by atoms with Gasteiger partial charge in [0.05, 0.1) is 17.2 Å². The Labute approximate surface area is 182 Å². The van der Waals surface area contributed by atoms with Crippen LogP contribution in [0.4, 0.5) is 13.2 Å². The lowest BCUT2D eigenvalue weighted by Gasteiger charge is -2.25. The van der Waals surface area contributed by atoms with Crippen molar-refractivity contribution in [3.05, 3.63) is 45.6 Å². The molecule has 1 unspecified atom stereocenters. The molecule has 30 heavy (non-hydrogen) atoms. The Bertz CT molecular complexity index is 945. The molecule has 12 heteroatoms. The molecular formula is C18H20Cl2F3N3O3S. The fourth-order valence-corrected chi connectivity index (χ4v) is 5.47. The van der Waals surface area contributed by atoms with Crippen molar-refractivity contribution in [1.82, 2.24) is 4.90 Å². The van der Waals surface area contributed by atoms with Crippen LogP contribution in [0.2, 0.25) is 10.0 Å². The fraction of sp³-hybridized carbons (Fsp3) is 0.444. The van der Waals surface area contributed by atoms with E-state index in [4.69, 9.17) is 34.3 Å². The van der Waals surface area contributed by atoms with Crippen LogP contribution in [0.15, 0.2) is 30.0 Å². The lowest BCUT2D eigenvalue weighted by atomic mass is 10.0. The van der Waals surface area contributed by atoms with Crippen molar-refractivity contribution in [2.45, 2.75) is 25.6 Å². The van der Waals surface area contributed by atoms with E-state index in [9.17, 15) is 26.4 Å². The van der Waals surface area contributed by atoms with Crippen LogP contribution in [-0.4, -0.2) is 49.2 Å². The molecule has 0 aromatic heterocycles. The highest BCUT2D eigenvalue weighted by atomic mass is 35.5. The summed E-state index contributed by atoms with van der Waals surface area (Å²) >= 11 is 12.3. The molecule has 2 rings (SSSR count). The fourth-order valence-electron chi connectivity index (χ4n) is 3.05. The number of nitrogens with one attached hydrogen (secondary N) is 1. The van der Waals surface area contributed by atoms with Gasteiger partial charge >= 0.3 is 6.18 Å². The summed E-state index contributed by atoms with van der Waals surface area (Å²) < 4.78 is 61.1. The van der Waals surface area contributed by atoms with Gasteiger partial charge in [0.1, 0.15) is 5.71 Å². The number of nitrogens with zero attached hydrogens (tertiary/aromatic N) is 1. The van der Waals surface area contributed by atoms with Gasteiger partial charge in [0.25, 0.3) is 5.91 Å². The van der Waals surface area contributed by atoms with Crippen molar-refractivity contribution < 1.29 is 26.4 Å². The van der Waals surface area contributed by atoms with Gasteiger partial charge in [-0.05, 0) is 37.0 Å². The van der Waals surface area contributed by atoms with Crippen molar-refractivity contribution in [3.63, 3.8) is 0 Å². The first-order chi connectivity index (χ1) is 13.8. The van der Waals surface area contributed by atoms with Gasteiger partial charge in [0.15, 0.2) is 9.84 Å². The number of hydrogen-bond donors (Lipinski definition) is 2. The highest BCUT2D eigenvalue weighted by Gasteiger charge is 2.34. The highest BCUT2D eigenvalue weighted by Crippen LogP contribution is 2.28. The Morgan fingerprint density at radius 1 is 1.30 bits per heavy atom. The molecule has 166 valence electrons. The number of benzene rings is 1. The van der Waals surface area contributed by atoms with Crippen molar-refractivity contribution in [3.8, 4) is 0 Å². The predicted molar refractivity (Wildman–Crippen MR) is 109 cm³/mol. The molecule has 0 saturated carbocycles. The smallest absolute Gasteiger partial charge is 0.394 e. The average Bonchev–Trinajstić information content (AvgIpc) is 2.98. The summed E-state index contributed by atoms with van der Waals surface area (Å²) in [7, 11) is -3.12. The third-order valence-electron chi connectivity index (χ3n) is 4.68. The first-order valence-corrected chi connectivity index (χ1v) is 11.4. The molecule has 1 atom stereocenters. The van der Waals surface area contributed by atoms with E-state index >= 15 is 0 Å². The molecule has 1 saturated heterocycles. The Balaban J connectivity index is 2.24. The van der Waals surface area contributed by atoms with Crippen LogP contribution in [0.1, 0.15) is 18.4 Å². The van der Waals surface area contributed by atoms with E-state index in [1.807, 2.05) is 0 Å². The zero-order chi connectivity index (χ0) is 22.7. The molecule has 1 amide bonds. The number of sulfone groups is 1. The van der Waals surface area contributed by atoms with Crippen LogP contribution < -0.4 is 5.73 Å². The maximum absolute atomic E-state index is 12.7. The van der Waals surface area contributed by atoms with Gasteiger partial charge in [-0.15, -0.1) is 0 Å². The third-order valence-corrected chi connectivity index (χ3v) is 7.23. The number of allylic oxidation sites excluding steroid dienone is 1. The Kier molecular flexibility index (Phi) is 7.81. The lowest BCUT2D eigenvalue weighted by Crippen LogP contribution is -2.37. The Hall–Kier alpha value is -1.78. The van der Waals surface area contributed by atoms with E-state index < -0.39 is 33.3 Å². The summed E-state index contributed by atoms with van der Waals surface area (Å²) in [6, 6.07) is 4.70. The van der Waals surface area contributed by atoms with Gasteiger partial charge in [-0.3, -0.25) is 10.2 Å². The van der Waals surface area contributed by atoms with E-state index in [2.05, 4.69) is 0 Å². The first-order valence-electron chi connectivity index (χ1n) is 8.85. The molecule has 3 N–H and O–H groups in total. The van der Waals surface area contributed by atoms with Crippen LogP contribution in [-0.2, 0) is 21.2 Å². The number of nitrogens with two attached hydrogens (primary N) is 1. The highest BCUT2D eigenvalue weighted by molar-refractivity contribution is 7.91. The zero-order valence-electron chi connectivity index (χ0n) is 15.7. The summed E-state index contributed by atoms with van der Waals surface area (Å²) in [5.41, 5.74) is 3.40. The van der Waals surface area contributed by atoms with E-state index in [0.717, 1.165) is 4.90 Å². The minimum Gasteiger partial charge on any atom is -0.394 e. The second-order valence-electron chi connectivity index (χ2n) is 7.00. The van der Waals surface area contributed by atoms with Crippen molar-refractivity contribution in [1.29, 1.82) is 5.41 Å². The van der Waals surface area contributed by atoms with Crippen molar-refractivity contribution in [2.75, 3.05) is 18.1 Å². The second kappa shape index (κ2) is 9.57. The summed E-state index contributed by atoms with van der Waals surface area (Å²) in [5, 5.41) is 7.53. The summed E-state index contributed by atoms with van der Waals surface area (Å²) in [6.45, 7) is -0.0981. The first kappa shape index (κ1) is 24.5. The number of carbonyl (C=O) groups excluding carboxylic acids is 1. The molecule has 1 aliphatic heterocycles. The molecule has 1 aromatic carbocycles. The Morgan fingerprint density at radius 3 is 2.40 bits per heavy atom. The molecular weight excluding hydrogens is 466 g/mol. The van der Waals surface area contributed by atoms with E-state index in [1.54, 1.807) is 18.2 Å². The number of alkyl halides is 3. The molecule has 0 spiro atoms. The summed E-state index contributed by atoms with van der Waals surface area (Å²) in [5.74, 6) is -1.05. The largest absolute Gasteiger partial charge is 0.432 e. The van der Waals surface area contributed by atoms with Gasteiger partial charge in [0, 0.05) is 28.7 Å². The van der Waals surface area contributed by atoms with E-state index in [-0.39, 0.29) is 46.6 Å². The van der Waals surface area contributed by atoms with Gasteiger partial charge in [0.2, 0.25) is 0 Å². The third kappa shape index (κ3) is 6.61. The quantitative estimate of drug-likeness (QED) is 0.454. The number of amides is 1. The van der Waals surface area contributed by atoms with Crippen LogP contribution >= 0.6 is 23.2 Å². The van der Waals surface area contributed by atoms with Gasteiger partial charge in [-0.25, -0.2) is 8.42 Å². The standard InChI is InChI=1S/C18H20Cl2F3N3O3S/c19-13-2-1-3-14(20)12(13)9-26(6-4-11-5-7-30(28,29)10-11)17(27)15(24)8-16(25)18(21,22)23/h1-3,8,11,25H,4-7,9-10,24H2/b15-8-,25-16?. The number of hydrogen-bond acceptors (Lipinski definition) is 5. The van der Waals surface area contributed by atoms with Gasteiger partial charge in [-0.2, -0.15) is 13.2 Å². The van der Waals surface area contributed by atoms with Crippen LogP contribution in [0.25, 0.3) is 0 Å². The van der Waals surface area contributed by atoms with E-state index in [1.165, 1.54) is 0 Å². The molecule has 0 aliphatic carbocycles. The second-order valence-corrected chi connectivity index (χ2v) is 10.0. The van der Waals surface area contributed by atoms with Crippen LogP contribution in [0.3, 0.4) is 0 Å². The predicted octanol–water partition coefficient (Wildman–Crippen LogP) is 3.57. The maximum Gasteiger partial charge on any atom is 0.432 e. The minimum atomic E-state index is -4.94. The number of halogens is 5. The minimum absolute atomic E-state index is 0.00802.